The Bertz CT molecular complexity index is 820. The fourth-order valence-corrected chi connectivity index (χ4v) is 5.16. The van der Waals surface area contributed by atoms with Crippen molar-refractivity contribution in [2.75, 3.05) is 26.2 Å². The first-order valence-electron chi connectivity index (χ1n) is 9.94. The molecule has 5 rings (SSSR count). The zero-order valence-electron chi connectivity index (χ0n) is 15.3. The minimum atomic E-state index is 0.257. The van der Waals surface area contributed by atoms with Crippen LogP contribution in [0.15, 0.2) is 39.9 Å². The molecule has 2 fully saturated rings. The van der Waals surface area contributed by atoms with E-state index in [-0.39, 0.29) is 5.56 Å². The van der Waals surface area contributed by atoms with Crippen LogP contribution < -0.4 is 5.56 Å². The van der Waals surface area contributed by atoms with E-state index in [2.05, 4.69) is 26.5 Å². The molecule has 0 unspecified atom stereocenters. The largest absolute Gasteiger partial charge is 0.472 e. The lowest BCUT2D eigenvalue weighted by atomic mass is 9.83. The molecule has 2 bridgehead atoms. The van der Waals surface area contributed by atoms with E-state index in [1.54, 1.807) is 6.26 Å². The summed E-state index contributed by atoms with van der Waals surface area (Å²) in [7, 11) is 0. The molecule has 0 aromatic carbocycles. The lowest BCUT2D eigenvalue weighted by Crippen LogP contribution is -2.47. The Labute approximate surface area is 154 Å². The summed E-state index contributed by atoms with van der Waals surface area (Å²) in [6.45, 7) is 7.02. The van der Waals surface area contributed by atoms with Crippen molar-refractivity contribution in [1.29, 1.82) is 0 Å². The van der Waals surface area contributed by atoms with Gasteiger partial charge in [-0.1, -0.05) is 6.07 Å². The quantitative estimate of drug-likeness (QED) is 0.847. The van der Waals surface area contributed by atoms with Crippen molar-refractivity contribution in [1.82, 2.24) is 14.4 Å². The van der Waals surface area contributed by atoms with Crippen molar-refractivity contribution >= 4 is 0 Å². The van der Waals surface area contributed by atoms with E-state index in [9.17, 15) is 4.79 Å². The third kappa shape index (κ3) is 3.03. The van der Waals surface area contributed by atoms with Crippen LogP contribution in [0.25, 0.3) is 0 Å². The highest BCUT2D eigenvalue weighted by atomic mass is 16.3. The normalized spacial score (nSPS) is 26.2. The maximum absolute atomic E-state index is 13.1. The number of fused-ring (bicyclic) bond motifs is 4. The average Bonchev–Trinajstić information content (AvgIpc) is 3.32. The Balaban J connectivity index is 1.37. The molecule has 2 aromatic heterocycles. The predicted octanol–water partition coefficient (Wildman–Crippen LogP) is 2.66. The maximum atomic E-state index is 13.1. The van der Waals surface area contributed by atoms with Crippen LogP contribution in [0, 0.1) is 5.92 Å². The minimum absolute atomic E-state index is 0.257. The summed E-state index contributed by atoms with van der Waals surface area (Å²) in [5.41, 5.74) is 3.72. The highest BCUT2D eigenvalue weighted by Gasteiger charge is 2.35. The third-order valence-electron chi connectivity index (χ3n) is 6.34. The van der Waals surface area contributed by atoms with Crippen LogP contribution in [0.4, 0.5) is 0 Å². The van der Waals surface area contributed by atoms with Gasteiger partial charge in [-0.2, -0.15) is 0 Å². The Kier molecular flexibility index (Phi) is 4.21. The van der Waals surface area contributed by atoms with E-state index < -0.39 is 0 Å². The van der Waals surface area contributed by atoms with Crippen molar-refractivity contribution in [2.24, 2.45) is 5.92 Å². The highest BCUT2D eigenvalue weighted by molar-refractivity contribution is 5.22. The van der Waals surface area contributed by atoms with Crippen LogP contribution in [0.3, 0.4) is 0 Å². The van der Waals surface area contributed by atoms with Gasteiger partial charge in [0.05, 0.1) is 12.5 Å². The topological polar surface area (TPSA) is 41.6 Å². The maximum Gasteiger partial charge on any atom is 0.255 e. The number of pyridine rings is 1. The van der Waals surface area contributed by atoms with Gasteiger partial charge < -0.3 is 8.98 Å². The second-order valence-electron chi connectivity index (χ2n) is 8.31. The molecule has 5 nitrogen and oxygen atoms in total. The van der Waals surface area contributed by atoms with Gasteiger partial charge in [-0.15, -0.1) is 0 Å². The first-order valence-corrected chi connectivity index (χ1v) is 9.94. The fourth-order valence-electron chi connectivity index (χ4n) is 5.16. The molecule has 0 aliphatic carbocycles. The number of hydrogen-bond donors (Lipinski definition) is 0. The second-order valence-corrected chi connectivity index (χ2v) is 8.31. The zero-order valence-corrected chi connectivity index (χ0v) is 15.3. The molecule has 5 heterocycles. The average molecular weight is 353 g/mol. The minimum Gasteiger partial charge on any atom is -0.472 e. The summed E-state index contributed by atoms with van der Waals surface area (Å²) in [5, 5.41) is 0. The summed E-state index contributed by atoms with van der Waals surface area (Å²) in [6, 6.07) is 6.38. The molecule has 0 N–H and O–H groups in total. The summed E-state index contributed by atoms with van der Waals surface area (Å²) in [6.07, 6.45) is 7.34. The molecule has 3 aliphatic heterocycles. The Morgan fingerprint density at radius 2 is 1.88 bits per heavy atom. The van der Waals surface area contributed by atoms with Crippen LogP contribution in [0.1, 0.15) is 42.0 Å². The summed E-state index contributed by atoms with van der Waals surface area (Å²) >= 11 is 0. The number of likely N-dealkylation sites (tertiary alicyclic amines) is 2. The van der Waals surface area contributed by atoms with Gasteiger partial charge in [-0.05, 0) is 50.4 Å². The fraction of sp³-hybridized carbons (Fsp3) is 0.571. The lowest BCUT2D eigenvalue weighted by molar-refractivity contribution is 0.114. The number of furan rings is 1. The standard InChI is InChI=1S/C21H27N3O2/c25-21-18(13-22-6-1-2-7-22)3-4-20-19-9-17(12-24(20)21)11-23(14-19)10-16-5-8-26-15-16/h3-5,8,15,17,19H,1-2,6-7,9-14H2/t17-,19+/m0/s1. The molecule has 3 aliphatic rings. The molecule has 0 spiro atoms. The van der Waals surface area contributed by atoms with Crippen molar-refractivity contribution in [3.05, 3.63) is 57.9 Å². The Morgan fingerprint density at radius 1 is 1.00 bits per heavy atom. The van der Waals surface area contributed by atoms with Crippen molar-refractivity contribution < 1.29 is 4.42 Å². The van der Waals surface area contributed by atoms with Crippen molar-refractivity contribution in [3.8, 4) is 0 Å². The number of rotatable bonds is 4. The van der Waals surface area contributed by atoms with Gasteiger partial charge in [0, 0.05) is 55.5 Å². The highest BCUT2D eigenvalue weighted by Crippen LogP contribution is 2.35. The zero-order chi connectivity index (χ0) is 17.5. The van der Waals surface area contributed by atoms with Gasteiger partial charge in [0.1, 0.15) is 0 Å². The Hall–Kier alpha value is -1.85. The van der Waals surface area contributed by atoms with Gasteiger partial charge in [0.15, 0.2) is 0 Å². The molecule has 0 amide bonds. The molecule has 26 heavy (non-hydrogen) atoms. The number of aromatic nitrogens is 1. The van der Waals surface area contributed by atoms with Crippen molar-refractivity contribution in [3.63, 3.8) is 0 Å². The monoisotopic (exact) mass is 353 g/mol. The predicted molar refractivity (Wildman–Crippen MR) is 100 cm³/mol. The molecular formula is C21H27N3O2. The van der Waals surface area contributed by atoms with Gasteiger partial charge >= 0.3 is 0 Å². The molecule has 5 heteroatoms. The smallest absolute Gasteiger partial charge is 0.255 e. The number of nitrogens with zero attached hydrogens (tertiary/aromatic N) is 3. The number of piperidine rings is 1. The lowest BCUT2D eigenvalue weighted by Gasteiger charge is -2.43. The summed E-state index contributed by atoms with van der Waals surface area (Å²) < 4.78 is 7.31. The summed E-state index contributed by atoms with van der Waals surface area (Å²) in [5.74, 6) is 1.05. The van der Waals surface area contributed by atoms with Gasteiger partial charge in [0.2, 0.25) is 0 Å². The molecule has 138 valence electrons. The van der Waals surface area contributed by atoms with E-state index >= 15 is 0 Å². The van der Waals surface area contributed by atoms with E-state index in [0.717, 1.165) is 51.4 Å². The molecular weight excluding hydrogens is 326 g/mol. The van der Waals surface area contributed by atoms with Crippen LogP contribution in [0.2, 0.25) is 0 Å². The van der Waals surface area contributed by atoms with E-state index in [0.29, 0.717) is 11.8 Å². The van der Waals surface area contributed by atoms with E-state index in [1.807, 2.05) is 12.3 Å². The van der Waals surface area contributed by atoms with Gasteiger partial charge in [-0.25, -0.2) is 0 Å². The molecule has 2 saturated heterocycles. The third-order valence-corrected chi connectivity index (χ3v) is 6.34. The molecule has 2 aromatic rings. The molecule has 2 atom stereocenters. The van der Waals surface area contributed by atoms with Crippen LogP contribution in [0.5, 0.6) is 0 Å². The summed E-state index contributed by atoms with van der Waals surface area (Å²) in [4.78, 5) is 18.0. The van der Waals surface area contributed by atoms with Crippen LogP contribution in [-0.4, -0.2) is 40.5 Å². The SMILES string of the molecule is O=c1c(CN2CCCC2)ccc2n1C[C@H]1C[C@@H]2CN(Cc2ccoc2)C1. The van der Waals surface area contributed by atoms with E-state index in [4.69, 9.17) is 4.42 Å². The van der Waals surface area contributed by atoms with Crippen molar-refractivity contribution in [2.45, 2.75) is 44.8 Å². The van der Waals surface area contributed by atoms with Crippen LogP contribution >= 0.6 is 0 Å². The second kappa shape index (κ2) is 6.71. The van der Waals surface area contributed by atoms with Crippen LogP contribution in [-0.2, 0) is 19.6 Å². The van der Waals surface area contributed by atoms with E-state index in [1.165, 1.54) is 30.5 Å². The molecule has 0 radical (unpaired) electrons. The molecule has 0 saturated carbocycles. The first kappa shape index (κ1) is 16.3. The first-order chi connectivity index (χ1) is 12.8. The van der Waals surface area contributed by atoms with Gasteiger partial charge in [-0.3, -0.25) is 14.6 Å². The number of hydrogen-bond acceptors (Lipinski definition) is 4. The van der Waals surface area contributed by atoms with Gasteiger partial charge in [0.25, 0.3) is 5.56 Å². The Morgan fingerprint density at radius 3 is 2.69 bits per heavy atom.